The average Bonchev–Trinajstić information content (AvgIpc) is 2.52. The molecule has 0 aliphatic rings. The molecule has 124 valence electrons. The van der Waals surface area contributed by atoms with E-state index in [9.17, 15) is 8.42 Å². The maximum absolute atomic E-state index is 12.2. The van der Waals surface area contributed by atoms with Crippen LogP contribution in [-0.2, 0) is 19.0 Å². The zero-order valence-corrected chi connectivity index (χ0v) is 14.0. The molecule has 0 spiro atoms. The van der Waals surface area contributed by atoms with Crippen molar-refractivity contribution < 1.29 is 22.1 Å². The van der Waals surface area contributed by atoms with Gasteiger partial charge in [0.05, 0.1) is 11.5 Å². The molecule has 0 bridgehead atoms. The van der Waals surface area contributed by atoms with Gasteiger partial charge in [0.1, 0.15) is 12.4 Å². The Morgan fingerprint density at radius 3 is 2.30 bits per heavy atom. The van der Waals surface area contributed by atoms with Gasteiger partial charge < -0.3 is 9.47 Å². The highest BCUT2D eigenvalue weighted by Gasteiger charge is 2.21. The molecule has 6 heteroatoms. The maximum Gasteiger partial charge on any atom is 0.299 e. The second-order valence-corrected chi connectivity index (χ2v) is 6.46. The Labute approximate surface area is 136 Å². The number of rotatable bonds is 8. The number of benzene rings is 2. The van der Waals surface area contributed by atoms with Crippen LogP contribution in [0.25, 0.3) is 0 Å². The predicted molar refractivity (Wildman–Crippen MR) is 86.8 cm³/mol. The molecule has 0 amide bonds. The molecular weight excluding hydrogens is 316 g/mol. The van der Waals surface area contributed by atoms with E-state index in [0.717, 1.165) is 5.75 Å². The molecule has 0 N–H and O–H groups in total. The van der Waals surface area contributed by atoms with Gasteiger partial charge in [-0.25, -0.2) is 4.18 Å². The smallest absolute Gasteiger partial charge is 0.299 e. The lowest BCUT2D eigenvalue weighted by molar-refractivity contribution is -0.0702. The summed E-state index contributed by atoms with van der Waals surface area (Å²) in [6.07, 6.45) is -0.890. The molecule has 2 rings (SSSR count). The predicted octanol–water partition coefficient (Wildman–Crippen LogP) is 3.14. The van der Waals surface area contributed by atoms with Crippen LogP contribution < -0.4 is 4.74 Å². The molecule has 0 radical (unpaired) electrons. The molecule has 0 aliphatic heterocycles. The molecule has 5 nitrogen and oxygen atoms in total. The fourth-order valence-electron chi connectivity index (χ4n) is 1.99. The van der Waals surface area contributed by atoms with Crippen LogP contribution in [-0.4, -0.2) is 27.9 Å². The SMILES string of the molecule is Cc1ccccc1S(=O)(=O)OC(C)OCCOc1ccccc1. The average molecular weight is 336 g/mol. The third-order valence-electron chi connectivity index (χ3n) is 3.07. The van der Waals surface area contributed by atoms with Crippen molar-refractivity contribution in [1.29, 1.82) is 0 Å². The number of ether oxygens (including phenoxy) is 2. The summed E-state index contributed by atoms with van der Waals surface area (Å²) in [6.45, 7) is 3.79. The molecule has 1 unspecified atom stereocenters. The van der Waals surface area contributed by atoms with E-state index in [2.05, 4.69) is 0 Å². The van der Waals surface area contributed by atoms with Crippen molar-refractivity contribution in [2.45, 2.75) is 25.0 Å². The van der Waals surface area contributed by atoms with Crippen LogP contribution in [0.15, 0.2) is 59.5 Å². The Morgan fingerprint density at radius 1 is 0.957 bits per heavy atom. The lowest BCUT2D eigenvalue weighted by Crippen LogP contribution is -2.21. The summed E-state index contributed by atoms with van der Waals surface area (Å²) in [5, 5.41) is 0. The van der Waals surface area contributed by atoms with Gasteiger partial charge in [-0.1, -0.05) is 36.4 Å². The van der Waals surface area contributed by atoms with Crippen LogP contribution in [0, 0.1) is 6.92 Å². The van der Waals surface area contributed by atoms with Crippen molar-refractivity contribution in [3.63, 3.8) is 0 Å². The first kappa shape index (κ1) is 17.5. The Hall–Kier alpha value is -1.89. The summed E-state index contributed by atoms with van der Waals surface area (Å²) in [5.41, 5.74) is 0.632. The van der Waals surface area contributed by atoms with E-state index in [4.69, 9.17) is 13.7 Å². The van der Waals surface area contributed by atoms with E-state index in [1.165, 1.54) is 6.07 Å². The Balaban J connectivity index is 1.80. The van der Waals surface area contributed by atoms with Gasteiger partial charge >= 0.3 is 0 Å². The van der Waals surface area contributed by atoms with Crippen LogP contribution in [0.3, 0.4) is 0 Å². The van der Waals surface area contributed by atoms with Gasteiger partial charge in [0.25, 0.3) is 10.1 Å². The summed E-state index contributed by atoms with van der Waals surface area (Å²) in [7, 11) is -3.85. The Morgan fingerprint density at radius 2 is 1.61 bits per heavy atom. The monoisotopic (exact) mass is 336 g/mol. The van der Waals surface area contributed by atoms with Crippen LogP contribution in [0.5, 0.6) is 5.75 Å². The summed E-state index contributed by atoms with van der Waals surface area (Å²) in [4.78, 5) is 0.149. The molecule has 23 heavy (non-hydrogen) atoms. The molecule has 0 aromatic heterocycles. The molecule has 0 aliphatic carbocycles. The van der Waals surface area contributed by atoms with E-state index in [1.807, 2.05) is 30.3 Å². The lowest BCUT2D eigenvalue weighted by Gasteiger charge is -2.15. The third kappa shape index (κ3) is 5.35. The van der Waals surface area contributed by atoms with Gasteiger partial charge in [-0.05, 0) is 37.6 Å². The van der Waals surface area contributed by atoms with Crippen molar-refractivity contribution in [3.05, 3.63) is 60.2 Å². The van der Waals surface area contributed by atoms with Crippen molar-refractivity contribution in [2.24, 2.45) is 0 Å². The van der Waals surface area contributed by atoms with Gasteiger partial charge in [0.15, 0.2) is 6.29 Å². The minimum absolute atomic E-state index is 0.149. The highest BCUT2D eigenvalue weighted by molar-refractivity contribution is 7.86. The molecule has 2 aromatic carbocycles. The third-order valence-corrected chi connectivity index (χ3v) is 4.59. The van der Waals surface area contributed by atoms with E-state index >= 15 is 0 Å². The number of para-hydroxylation sites is 1. The number of aryl methyl sites for hydroxylation is 1. The lowest BCUT2D eigenvalue weighted by atomic mass is 10.2. The first-order valence-corrected chi connectivity index (χ1v) is 8.68. The molecule has 2 aromatic rings. The van der Waals surface area contributed by atoms with Crippen LogP contribution in [0.1, 0.15) is 12.5 Å². The van der Waals surface area contributed by atoms with Crippen molar-refractivity contribution >= 4 is 10.1 Å². The fourth-order valence-corrected chi connectivity index (χ4v) is 3.21. The van der Waals surface area contributed by atoms with E-state index in [1.54, 1.807) is 32.0 Å². The van der Waals surface area contributed by atoms with Crippen LogP contribution in [0.2, 0.25) is 0 Å². The molecule has 0 saturated heterocycles. The second kappa shape index (κ2) is 8.10. The number of hydrogen-bond acceptors (Lipinski definition) is 5. The topological polar surface area (TPSA) is 61.8 Å². The molecule has 0 fully saturated rings. The maximum atomic E-state index is 12.2. The normalized spacial score (nSPS) is 12.8. The summed E-state index contributed by atoms with van der Waals surface area (Å²) in [6, 6.07) is 16.0. The van der Waals surface area contributed by atoms with Gasteiger partial charge in [-0.2, -0.15) is 8.42 Å². The molecule has 0 heterocycles. The zero-order valence-electron chi connectivity index (χ0n) is 13.1. The van der Waals surface area contributed by atoms with Crippen LogP contribution >= 0.6 is 0 Å². The second-order valence-electron chi connectivity index (χ2n) is 4.92. The fraction of sp³-hybridized carbons (Fsp3) is 0.294. The standard InChI is InChI=1S/C17H20O5S/c1-14-8-6-7-11-17(14)23(18,19)22-15(2)20-12-13-21-16-9-4-3-5-10-16/h3-11,15H,12-13H2,1-2H3. The Bertz CT molecular complexity index is 713. The largest absolute Gasteiger partial charge is 0.491 e. The van der Waals surface area contributed by atoms with Crippen LogP contribution in [0.4, 0.5) is 0 Å². The van der Waals surface area contributed by atoms with E-state index < -0.39 is 16.4 Å². The van der Waals surface area contributed by atoms with E-state index in [0.29, 0.717) is 12.2 Å². The molecule has 1 atom stereocenters. The highest BCUT2D eigenvalue weighted by Crippen LogP contribution is 2.18. The molecular formula is C17H20O5S. The van der Waals surface area contributed by atoms with Crippen molar-refractivity contribution in [3.8, 4) is 5.75 Å². The van der Waals surface area contributed by atoms with Gasteiger partial charge in [-0.3, -0.25) is 0 Å². The quantitative estimate of drug-likeness (QED) is 0.421. The minimum atomic E-state index is -3.85. The zero-order chi connectivity index (χ0) is 16.7. The Kier molecular flexibility index (Phi) is 6.15. The van der Waals surface area contributed by atoms with Gasteiger partial charge in [0, 0.05) is 0 Å². The molecule has 0 saturated carbocycles. The number of hydrogen-bond donors (Lipinski definition) is 0. The first-order valence-electron chi connectivity index (χ1n) is 7.27. The summed E-state index contributed by atoms with van der Waals surface area (Å²) in [5.74, 6) is 0.734. The van der Waals surface area contributed by atoms with Crippen molar-refractivity contribution in [2.75, 3.05) is 13.2 Å². The highest BCUT2D eigenvalue weighted by atomic mass is 32.2. The first-order chi connectivity index (χ1) is 11.0. The van der Waals surface area contributed by atoms with E-state index in [-0.39, 0.29) is 11.5 Å². The van der Waals surface area contributed by atoms with Gasteiger partial charge in [-0.15, -0.1) is 0 Å². The summed E-state index contributed by atoms with van der Waals surface area (Å²) >= 11 is 0. The van der Waals surface area contributed by atoms with Gasteiger partial charge in [0.2, 0.25) is 0 Å². The van der Waals surface area contributed by atoms with Crippen molar-refractivity contribution in [1.82, 2.24) is 0 Å². The minimum Gasteiger partial charge on any atom is -0.491 e. The summed E-state index contributed by atoms with van der Waals surface area (Å²) < 4.78 is 40.2.